The molecule has 1 aromatic carbocycles. The van der Waals surface area contributed by atoms with E-state index >= 15 is 0 Å². The van der Waals surface area contributed by atoms with Crippen LogP contribution in [0.25, 0.3) is 0 Å². The zero-order valence-electron chi connectivity index (χ0n) is 12.5. The van der Waals surface area contributed by atoms with Crippen molar-refractivity contribution in [1.82, 2.24) is 4.90 Å². The van der Waals surface area contributed by atoms with E-state index in [1.807, 2.05) is 13.0 Å². The molecule has 6 heteroatoms. The smallest absolute Gasteiger partial charge is 0.334 e. The first kappa shape index (κ1) is 16.4. The summed E-state index contributed by atoms with van der Waals surface area (Å²) >= 11 is 0. The summed E-state index contributed by atoms with van der Waals surface area (Å²) in [5, 5.41) is 8.94. The van der Waals surface area contributed by atoms with Gasteiger partial charge in [-0.15, -0.1) is 0 Å². The van der Waals surface area contributed by atoms with Gasteiger partial charge >= 0.3 is 5.97 Å². The van der Waals surface area contributed by atoms with Crippen LogP contribution in [0.1, 0.15) is 18.9 Å². The highest BCUT2D eigenvalue weighted by Gasteiger charge is 2.29. The molecule has 5 nitrogen and oxygen atoms in total. The number of amides is 1. The molecule has 0 spiro atoms. The lowest BCUT2D eigenvalue weighted by atomic mass is 9.97. The number of hydrogen-bond acceptors (Lipinski definition) is 3. The first-order chi connectivity index (χ1) is 10.5. The molecular formula is C16H20FNO4. The molecule has 0 unspecified atom stereocenters. The van der Waals surface area contributed by atoms with E-state index in [2.05, 4.69) is 0 Å². The topological polar surface area (TPSA) is 66.8 Å². The average Bonchev–Trinajstić information content (AvgIpc) is 2.47. The van der Waals surface area contributed by atoms with Crippen LogP contribution in [0.2, 0.25) is 0 Å². The molecule has 2 atom stereocenters. The van der Waals surface area contributed by atoms with Crippen LogP contribution in [0.3, 0.4) is 0 Å². The summed E-state index contributed by atoms with van der Waals surface area (Å²) in [4.78, 5) is 24.7. The van der Waals surface area contributed by atoms with Gasteiger partial charge in [0.25, 0.3) is 0 Å². The summed E-state index contributed by atoms with van der Waals surface area (Å²) < 4.78 is 18.2. The second-order valence-corrected chi connectivity index (χ2v) is 5.68. The number of carbonyl (C=O) groups excluding carboxylic acids is 1. The molecule has 120 valence electrons. The number of nitrogens with zero attached hydrogens (tertiary/aromatic N) is 1. The van der Waals surface area contributed by atoms with Crippen molar-refractivity contribution < 1.29 is 23.8 Å². The Labute approximate surface area is 128 Å². The Kier molecular flexibility index (Phi) is 5.49. The summed E-state index contributed by atoms with van der Waals surface area (Å²) in [5.74, 6) is -1.36. The fourth-order valence-corrected chi connectivity index (χ4v) is 2.59. The third kappa shape index (κ3) is 4.53. The molecule has 1 fully saturated rings. The lowest BCUT2D eigenvalue weighted by Gasteiger charge is -2.31. The quantitative estimate of drug-likeness (QED) is 0.899. The summed E-state index contributed by atoms with van der Waals surface area (Å²) in [6.45, 7) is 2.66. The lowest BCUT2D eigenvalue weighted by molar-refractivity contribution is -0.159. The maximum atomic E-state index is 13.1. The highest BCUT2D eigenvalue weighted by atomic mass is 19.1. The van der Waals surface area contributed by atoms with Gasteiger partial charge in [-0.1, -0.05) is 19.1 Å². The second kappa shape index (κ2) is 7.35. The van der Waals surface area contributed by atoms with Gasteiger partial charge in [0.2, 0.25) is 5.91 Å². The van der Waals surface area contributed by atoms with Crippen LogP contribution < -0.4 is 0 Å². The van der Waals surface area contributed by atoms with Crippen molar-refractivity contribution in [2.24, 2.45) is 5.92 Å². The van der Waals surface area contributed by atoms with E-state index in [0.717, 1.165) is 5.56 Å². The monoisotopic (exact) mass is 309 g/mol. The molecule has 1 aliphatic heterocycles. The largest absolute Gasteiger partial charge is 0.479 e. The van der Waals surface area contributed by atoms with Crippen LogP contribution in [0, 0.1) is 11.7 Å². The minimum atomic E-state index is -1.05. The number of morpholine rings is 1. The summed E-state index contributed by atoms with van der Waals surface area (Å²) in [5.41, 5.74) is 0.852. The summed E-state index contributed by atoms with van der Waals surface area (Å²) in [6.07, 6.45) is -0.0322. The normalized spacial score (nSPS) is 19.7. The number of halogens is 1. The zero-order valence-corrected chi connectivity index (χ0v) is 12.5. The molecular weight excluding hydrogens is 289 g/mol. The lowest BCUT2D eigenvalue weighted by Crippen LogP contribution is -2.48. The molecule has 1 heterocycles. The number of ether oxygens (including phenoxy) is 1. The average molecular weight is 309 g/mol. The van der Waals surface area contributed by atoms with Gasteiger partial charge in [0.05, 0.1) is 13.2 Å². The second-order valence-electron chi connectivity index (χ2n) is 5.68. The number of carboxylic acids is 1. The van der Waals surface area contributed by atoms with E-state index in [1.54, 1.807) is 6.07 Å². The minimum absolute atomic E-state index is 0.0559. The van der Waals surface area contributed by atoms with Crippen LogP contribution in [0.4, 0.5) is 4.39 Å². The van der Waals surface area contributed by atoms with Crippen molar-refractivity contribution in [3.05, 3.63) is 35.6 Å². The Morgan fingerprint density at radius 1 is 1.50 bits per heavy atom. The van der Waals surface area contributed by atoms with Crippen LogP contribution in [-0.4, -0.2) is 47.7 Å². The first-order valence-corrected chi connectivity index (χ1v) is 7.32. The molecule has 0 radical (unpaired) electrons. The number of hydrogen-bond donors (Lipinski definition) is 1. The van der Waals surface area contributed by atoms with Gasteiger partial charge < -0.3 is 14.7 Å². The predicted molar refractivity (Wildman–Crippen MR) is 77.8 cm³/mol. The van der Waals surface area contributed by atoms with Gasteiger partial charge in [0.15, 0.2) is 6.10 Å². The Bertz CT molecular complexity index is 549. The van der Waals surface area contributed by atoms with Crippen molar-refractivity contribution in [2.75, 3.05) is 19.7 Å². The maximum Gasteiger partial charge on any atom is 0.334 e. The number of aliphatic carboxylic acids is 1. The van der Waals surface area contributed by atoms with E-state index in [4.69, 9.17) is 9.84 Å². The van der Waals surface area contributed by atoms with Crippen LogP contribution in [-0.2, 0) is 20.7 Å². The van der Waals surface area contributed by atoms with Gasteiger partial charge in [-0.25, -0.2) is 9.18 Å². The Morgan fingerprint density at radius 3 is 2.95 bits per heavy atom. The summed E-state index contributed by atoms with van der Waals surface area (Å²) in [7, 11) is 0. The molecule has 1 aromatic rings. The molecule has 0 aromatic heterocycles. The first-order valence-electron chi connectivity index (χ1n) is 7.32. The van der Waals surface area contributed by atoms with Crippen molar-refractivity contribution in [1.29, 1.82) is 0 Å². The zero-order chi connectivity index (χ0) is 16.1. The SMILES string of the molecule is C[C@H](CC(=O)N1CCO[C@H](C(=O)O)C1)Cc1cccc(F)c1. The van der Waals surface area contributed by atoms with E-state index in [1.165, 1.54) is 17.0 Å². The van der Waals surface area contributed by atoms with E-state index in [-0.39, 0.29) is 30.8 Å². The van der Waals surface area contributed by atoms with Crippen molar-refractivity contribution in [2.45, 2.75) is 25.9 Å². The molecule has 1 aliphatic rings. The van der Waals surface area contributed by atoms with Crippen molar-refractivity contribution in [3.8, 4) is 0 Å². The van der Waals surface area contributed by atoms with Gasteiger partial charge in [-0.2, -0.15) is 0 Å². The maximum absolute atomic E-state index is 13.1. The van der Waals surface area contributed by atoms with Gasteiger partial charge in [0, 0.05) is 13.0 Å². The van der Waals surface area contributed by atoms with E-state index in [9.17, 15) is 14.0 Å². The van der Waals surface area contributed by atoms with Crippen LogP contribution in [0.5, 0.6) is 0 Å². The Balaban J connectivity index is 1.86. The Morgan fingerprint density at radius 2 is 2.27 bits per heavy atom. The highest BCUT2D eigenvalue weighted by molar-refractivity contribution is 5.78. The predicted octanol–water partition coefficient (Wildman–Crippen LogP) is 1.71. The molecule has 0 aliphatic carbocycles. The molecule has 22 heavy (non-hydrogen) atoms. The number of rotatable bonds is 5. The summed E-state index contributed by atoms with van der Waals surface area (Å²) in [6, 6.07) is 6.34. The third-order valence-corrected chi connectivity index (χ3v) is 3.69. The number of benzene rings is 1. The molecule has 2 rings (SSSR count). The van der Waals surface area contributed by atoms with Crippen molar-refractivity contribution >= 4 is 11.9 Å². The third-order valence-electron chi connectivity index (χ3n) is 3.69. The van der Waals surface area contributed by atoms with Gasteiger partial charge in [-0.3, -0.25) is 4.79 Å². The van der Waals surface area contributed by atoms with Gasteiger partial charge in [-0.05, 0) is 30.0 Å². The molecule has 1 amide bonds. The molecule has 0 bridgehead atoms. The minimum Gasteiger partial charge on any atom is -0.479 e. The number of carbonyl (C=O) groups is 2. The standard InChI is InChI=1S/C16H20FNO4/c1-11(7-12-3-2-4-13(17)9-12)8-15(19)18-5-6-22-14(10-18)16(20)21/h2-4,9,11,14H,5-8,10H2,1H3,(H,20,21)/t11-,14-/m0/s1. The Hall–Kier alpha value is -1.95. The van der Waals surface area contributed by atoms with Crippen LogP contribution in [0.15, 0.2) is 24.3 Å². The molecule has 1 N–H and O–H groups in total. The van der Waals surface area contributed by atoms with Gasteiger partial charge in [0.1, 0.15) is 5.82 Å². The van der Waals surface area contributed by atoms with Crippen molar-refractivity contribution in [3.63, 3.8) is 0 Å². The van der Waals surface area contributed by atoms with E-state index < -0.39 is 12.1 Å². The molecule has 1 saturated heterocycles. The highest BCUT2D eigenvalue weighted by Crippen LogP contribution is 2.16. The van der Waals surface area contributed by atoms with Crippen LogP contribution >= 0.6 is 0 Å². The van der Waals surface area contributed by atoms with E-state index in [0.29, 0.717) is 19.4 Å². The fourth-order valence-electron chi connectivity index (χ4n) is 2.59. The fraction of sp³-hybridized carbons (Fsp3) is 0.500. The number of carboxylic acid groups (broad SMARTS) is 1. The molecule has 0 saturated carbocycles.